The molecule has 0 rings (SSSR count). The van der Waals surface area contributed by atoms with Crippen molar-refractivity contribution in [3.05, 3.63) is 36.5 Å². The topological polar surface area (TPSA) is 17.1 Å². The van der Waals surface area contributed by atoms with Gasteiger partial charge in [-0.1, -0.05) is 56.2 Å². The zero-order valence-electron chi connectivity index (χ0n) is 11.8. The van der Waals surface area contributed by atoms with E-state index in [4.69, 9.17) is 0 Å². The van der Waals surface area contributed by atoms with Crippen molar-refractivity contribution in [2.75, 3.05) is 0 Å². The molecule has 0 heterocycles. The summed E-state index contributed by atoms with van der Waals surface area (Å²) >= 11 is 0. The maximum atomic E-state index is 10.1. The summed E-state index contributed by atoms with van der Waals surface area (Å²) in [6.07, 6.45) is 24.2. The first-order valence-corrected chi connectivity index (χ1v) is 7.30. The summed E-state index contributed by atoms with van der Waals surface area (Å²) in [7, 11) is 0. The summed E-state index contributed by atoms with van der Waals surface area (Å²) in [4.78, 5) is 10.1. The summed E-state index contributed by atoms with van der Waals surface area (Å²) in [5.41, 5.74) is 0. The number of aldehydes is 1. The number of hydrogen-bond donors (Lipinski definition) is 0. The fourth-order valence-corrected chi connectivity index (χ4v) is 1.67. The lowest BCUT2D eigenvalue weighted by Crippen LogP contribution is -1.79. The molecule has 0 fully saturated rings. The van der Waals surface area contributed by atoms with Gasteiger partial charge in [-0.3, -0.25) is 0 Å². The molecule has 0 aromatic heterocycles. The molecule has 0 bridgehead atoms. The summed E-state index contributed by atoms with van der Waals surface area (Å²) < 4.78 is 0. The largest absolute Gasteiger partial charge is 0.303 e. The van der Waals surface area contributed by atoms with Crippen molar-refractivity contribution in [2.45, 2.75) is 64.7 Å². The molecule has 0 amide bonds. The van der Waals surface area contributed by atoms with Crippen molar-refractivity contribution in [3.63, 3.8) is 0 Å². The molecule has 0 radical (unpaired) electrons. The number of carbonyl (C=O) groups excluding carboxylic acids is 1. The summed E-state index contributed by atoms with van der Waals surface area (Å²) in [6, 6.07) is 0. The lowest BCUT2D eigenvalue weighted by atomic mass is 10.1. The van der Waals surface area contributed by atoms with Crippen LogP contribution < -0.4 is 0 Å². The molecule has 0 aromatic carbocycles. The van der Waals surface area contributed by atoms with Gasteiger partial charge >= 0.3 is 0 Å². The number of rotatable bonds is 12. The minimum absolute atomic E-state index is 0.729. The first-order chi connectivity index (χ1) is 8.91. The van der Waals surface area contributed by atoms with E-state index >= 15 is 0 Å². The molecule has 0 aliphatic heterocycles. The van der Waals surface area contributed by atoms with Crippen LogP contribution in [0.5, 0.6) is 0 Å². The van der Waals surface area contributed by atoms with E-state index in [1.54, 1.807) is 0 Å². The number of hydrogen-bond acceptors (Lipinski definition) is 1. The molecule has 0 spiro atoms. The lowest BCUT2D eigenvalue weighted by Gasteiger charge is -1.95. The highest BCUT2D eigenvalue weighted by atomic mass is 16.1. The molecule has 0 N–H and O–H groups in total. The molecular formula is C17H28O. The van der Waals surface area contributed by atoms with Crippen LogP contribution in [0.15, 0.2) is 36.5 Å². The monoisotopic (exact) mass is 248 g/mol. The molecular weight excluding hydrogens is 220 g/mol. The predicted molar refractivity (Wildman–Crippen MR) is 80.7 cm³/mol. The van der Waals surface area contributed by atoms with E-state index < -0.39 is 0 Å². The van der Waals surface area contributed by atoms with E-state index in [1.807, 2.05) is 0 Å². The first-order valence-electron chi connectivity index (χ1n) is 7.30. The number of unbranched alkanes of at least 4 members (excludes halogenated alkanes) is 5. The van der Waals surface area contributed by atoms with Crippen LogP contribution >= 0.6 is 0 Å². The van der Waals surface area contributed by atoms with Gasteiger partial charge in [-0.25, -0.2) is 0 Å². The fraction of sp³-hybridized carbons (Fsp3) is 0.588. The Labute approximate surface area is 113 Å². The molecule has 0 aliphatic rings. The Morgan fingerprint density at radius 2 is 1.22 bits per heavy atom. The Hall–Kier alpha value is -1.11. The molecule has 1 heteroatoms. The number of carbonyl (C=O) groups is 1. The molecule has 0 saturated carbocycles. The average molecular weight is 248 g/mol. The normalized spacial score (nSPS) is 12.1. The van der Waals surface area contributed by atoms with Crippen LogP contribution in [0.25, 0.3) is 0 Å². The Morgan fingerprint density at radius 3 is 1.83 bits per heavy atom. The lowest BCUT2D eigenvalue weighted by molar-refractivity contribution is -0.107. The van der Waals surface area contributed by atoms with Gasteiger partial charge in [0.05, 0.1) is 0 Å². The average Bonchev–Trinajstić information content (AvgIpc) is 2.39. The summed E-state index contributed by atoms with van der Waals surface area (Å²) in [5.74, 6) is 0. The van der Waals surface area contributed by atoms with Crippen LogP contribution in [-0.4, -0.2) is 6.29 Å². The zero-order valence-corrected chi connectivity index (χ0v) is 11.8. The van der Waals surface area contributed by atoms with Crippen molar-refractivity contribution in [3.8, 4) is 0 Å². The smallest absolute Gasteiger partial charge is 0.119 e. The van der Waals surface area contributed by atoms with E-state index in [9.17, 15) is 4.79 Å². The van der Waals surface area contributed by atoms with Gasteiger partial charge in [0.15, 0.2) is 0 Å². The summed E-state index contributed by atoms with van der Waals surface area (Å²) in [6.45, 7) is 2.15. The second kappa shape index (κ2) is 15.9. The Morgan fingerprint density at radius 1 is 0.667 bits per heavy atom. The third-order valence-corrected chi connectivity index (χ3v) is 2.72. The van der Waals surface area contributed by atoms with Crippen molar-refractivity contribution in [2.24, 2.45) is 0 Å². The predicted octanol–water partition coefficient (Wildman–Crippen LogP) is 5.38. The molecule has 0 aromatic rings. The van der Waals surface area contributed by atoms with Gasteiger partial charge in [-0.05, 0) is 38.5 Å². The SMILES string of the molecule is CC/C=C/C/C=C\C/C=C/CCCCCCC=O. The van der Waals surface area contributed by atoms with Crippen LogP contribution in [-0.2, 0) is 4.79 Å². The Bertz CT molecular complexity index is 248. The van der Waals surface area contributed by atoms with Gasteiger partial charge in [0.1, 0.15) is 6.29 Å². The van der Waals surface area contributed by atoms with Gasteiger partial charge < -0.3 is 4.79 Å². The van der Waals surface area contributed by atoms with Crippen LogP contribution in [0.2, 0.25) is 0 Å². The van der Waals surface area contributed by atoms with Gasteiger partial charge in [0.2, 0.25) is 0 Å². The fourth-order valence-electron chi connectivity index (χ4n) is 1.67. The van der Waals surface area contributed by atoms with Gasteiger partial charge in [0.25, 0.3) is 0 Å². The zero-order chi connectivity index (χ0) is 13.3. The van der Waals surface area contributed by atoms with Gasteiger partial charge in [-0.2, -0.15) is 0 Å². The van der Waals surface area contributed by atoms with E-state index in [-0.39, 0.29) is 0 Å². The van der Waals surface area contributed by atoms with Crippen LogP contribution in [0.1, 0.15) is 64.7 Å². The molecule has 1 nitrogen and oxygen atoms in total. The van der Waals surface area contributed by atoms with E-state index in [0.29, 0.717) is 0 Å². The molecule has 18 heavy (non-hydrogen) atoms. The van der Waals surface area contributed by atoms with Gasteiger partial charge in [0, 0.05) is 6.42 Å². The molecule has 102 valence electrons. The van der Waals surface area contributed by atoms with Crippen LogP contribution in [0.3, 0.4) is 0 Å². The highest BCUT2D eigenvalue weighted by Gasteiger charge is 1.87. The maximum Gasteiger partial charge on any atom is 0.119 e. The standard InChI is InChI=1S/C17H28O/c1-2-3-4-5-6-7-8-9-10-11-12-13-14-15-16-17-18/h3-4,6-7,9-10,17H,2,5,8,11-16H2,1H3/b4-3+,7-6-,10-9+. The van der Waals surface area contributed by atoms with Gasteiger partial charge in [-0.15, -0.1) is 0 Å². The third-order valence-electron chi connectivity index (χ3n) is 2.72. The Balaban J connectivity index is 3.22. The van der Waals surface area contributed by atoms with E-state index in [0.717, 1.165) is 38.4 Å². The maximum absolute atomic E-state index is 10.1. The van der Waals surface area contributed by atoms with Crippen LogP contribution in [0.4, 0.5) is 0 Å². The minimum atomic E-state index is 0.729. The molecule has 0 unspecified atom stereocenters. The van der Waals surface area contributed by atoms with Crippen molar-refractivity contribution >= 4 is 6.29 Å². The molecule has 0 atom stereocenters. The van der Waals surface area contributed by atoms with Crippen molar-refractivity contribution in [1.29, 1.82) is 0 Å². The second-order valence-corrected chi connectivity index (χ2v) is 4.45. The quantitative estimate of drug-likeness (QED) is 0.257. The van der Waals surface area contributed by atoms with E-state index in [1.165, 1.54) is 25.7 Å². The second-order valence-electron chi connectivity index (χ2n) is 4.45. The minimum Gasteiger partial charge on any atom is -0.303 e. The third kappa shape index (κ3) is 14.9. The van der Waals surface area contributed by atoms with Crippen molar-refractivity contribution < 1.29 is 4.79 Å². The highest BCUT2D eigenvalue weighted by Crippen LogP contribution is 2.05. The first kappa shape index (κ1) is 16.9. The van der Waals surface area contributed by atoms with E-state index in [2.05, 4.69) is 43.4 Å². The van der Waals surface area contributed by atoms with Crippen LogP contribution in [0, 0.1) is 0 Å². The van der Waals surface area contributed by atoms with Crippen molar-refractivity contribution in [1.82, 2.24) is 0 Å². The number of allylic oxidation sites excluding steroid dienone is 6. The molecule has 0 aliphatic carbocycles. The Kier molecular flexibility index (Phi) is 14.9. The summed E-state index contributed by atoms with van der Waals surface area (Å²) in [5, 5.41) is 0. The molecule has 0 saturated heterocycles. The highest BCUT2D eigenvalue weighted by molar-refractivity contribution is 5.48.